The van der Waals surface area contributed by atoms with Gasteiger partial charge in [0, 0.05) is 38.7 Å². The van der Waals surface area contributed by atoms with Crippen LogP contribution in [0.25, 0.3) is 0 Å². The van der Waals surface area contributed by atoms with Gasteiger partial charge in [-0.15, -0.1) is 0 Å². The van der Waals surface area contributed by atoms with E-state index < -0.39 is 5.54 Å². The van der Waals surface area contributed by atoms with Crippen molar-refractivity contribution in [3.63, 3.8) is 0 Å². The van der Waals surface area contributed by atoms with Crippen LogP contribution in [0.1, 0.15) is 46.8 Å². The second-order valence-corrected chi connectivity index (χ2v) is 9.81. The van der Waals surface area contributed by atoms with Crippen LogP contribution < -0.4 is 10.1 Å². The first-order chi connectivity index (χ1) is 18.3. The molecule has 7 heteroatoms. The Morgan fingerprint density at radius 1 is 0.895 bits per heavy atom. The van der Waals surface area contributed by atoms with Gasteiger partial charge >= 0.3 is 0 Å². The summed E-state index contributed by atoms with van der Waals surface area (Å²) in [6, 6.07) is 24.6. The van der Waals surface area contributed by atoms with Gasteiger partial charge in [-0.25, -0.2) is 0 Å². The Balaban J connectivity index is 1.72. The van der Waals surface area contributed by atoms with Crippen LogP contribution in [0.3, 0.4) is 0 Å². The Morgan fingerprint density at radius 2 is 1.53 bits per heavy atom. The zero-order valence-corrected chi connectivity index (χ0v) is 22.3. The molecule has 198 valence electrons. The third kappa shape index (κ3) is 6.05. The molecule has 3 amide bonds. The quantitative estimate of drug-likeness (QED) is 0.486. The minimum Gasteiger partial charge on any atom is -0.497 e. The van der Waals surface area contributed by atoms with Crippen LogP contribution in [0, 0.1) is 6.92 Å². The molecule has 1 heterocycles. The minimum atomic E-state index is -1.12. The highest BCUT2D eigenvalue weighted by atomic mass is 16.5. The van der Waals surface area contributed by atoms with Gasteiger partial charge in [0.25, 0.3) is 5.91 Å². The Hall–Kier alpha value is -4.13. The maximum atomic E-state index is 14.1. The van der Waals surface area contributed by atoms with Gasteiger partial charge in [-0.05, 0) is 55.2 Å². The van der Waals surface area contributed by atoms with E-state index in [0.717, 1.165) is 16.7 Å². The molecule has 3 aromatic rings. The summed E-state index contributed by atoms with van der Waals surface area (Å²) in [5.74, 6) is 0.171. The monoisotopic (exact) mass is 513 g/mol. The lowest BCUT2D eigenvalue weighted by Crippen LogP contribution is -2.64. The molecule has 1 saturated heterocycles. The van der Waals surface area contributed by atoms with E-state index in [9.17, 15) is 14.4 Å². The third-order valence-electron chi connectivity index (χ3n) is 7.31. The number of benzene rings is 3. The van der Waals surface area contributed by atoms with Gasteiger partial charge in [0.2, 0.25) is 11.8 Å². The van der Waals surface area contributed by atoms with Crippen molar-refractivity contribution in [1.82, 2.24) is 15.1 Å². The number of carbonyl (C=O) groups is 3. The van der Waals surface area contributed by atoms with Crippen LogP contribution in [0.15, 0.2) is 78.9 Å². The molecule has 4 rings (SSSR count). The van der Waals surface area contributed by atoms with Crippen molar-refractivity contribution in [2.24, 2.45) is 0 Å². The number of piperidine rings is 1. The van der Waals surface area contributed by atoms with E-state index in [4.69, 9.17) is 4.74 Å². The van der Waals surface area contributed by atoms with Crippen LogP contribution in [0.5, 0.6) is 5.75 Å². The molecule has 0 bridgehead atoms. The first-order valence-electron chi connectivity index (χ1n) is 12.9. The summed E-state index contributed by atoms with van der Waals surface area (Å²) >= 11 is 0. The maximum absolute atomic E-state index is 14.1. The topological polar surface area (TPSA) is 79.0 Å². The number of rotatable bonds is 8. The SMILES string of the molecule is COc1ccc(C(=O)N(Cc2ccc(C)cc2)C2(C(=O)NCc3ccccc3)CCN(C(C)=O)CC2)cc1. The average Bonchev–Trinajstić information content (AvgIpc) is 2.95. The second-order valence-electron chi connectivity index (χ2n) is 9.81. The predicted molar refractivity (Wildman–Crippen MR) is 147 cm³/mol. The lowest BCUT2D eigenvalue weighted by Gasteiger charge is -2.47. The number of methoxy groups -OCH3 is 1. The molecule has 0 aliphatic carbocycles. The molecule has 0 atom stereocenters. The molecule has 0 aromatic heterocycles. The Morgan fingerprint density at radius 3 is 2.11 bits per heavy atom. The Labute approximate surface area is 224 Å². The number of amides is 3. The number of carbonyl (C=O) groups excluding carboxylic acids is 3. The number of hydrogen-bond acceptors (Lipinski definition) is 4. The van der Waals surface area contributed by atoms with Crippen LogP contribution in [0.2, 0.25) is 0 Å². The molecule has 3 aromatic carbocycles. The van der Waals surface area contributed by atoms with E-state index in [-0.39, 0.29) is 24.3 Å². The number of hydrogen-bond donors (Lipinski definition) is 1. The van der Waals surface area contributed by atoms with E-state index >= 15 is 0 Å². The van der Waals surface area contributed by atoms with Gasteiger partial charge in [0.15, 0.2) is 0 Å². The number of likely N-dealkylation sites (tertiary alicyclic amines) is 1. The van der Waals surface area contributed by atoms with Gasteiger partial charge in [-0.1, -0.05) is 60.2 Å². The van der Waals surface area contributed by atoms with Crippen molar-refractivity contribution in [2.75, 3.05) is 20.2 Å². The standard InChI is InChI=1S/C31H35N3O4/c1-23-9-11-26(12-10-23)22-34(29(36)27-13-15-28(38-3)16-14-27)31(17-19-33(20-18-31)24(2)35)30(37)32-21-25-7-5-4-6-8-25/h4-16H,17-22H2,1-3H3,(H,32,37). The highest BCUT2D eigenvalue weighted by Gasteiger charge is 2.48. The van der Waals surface area contributed by atoms with E-state index in [1.165, 1.54) is 6.92 Å². The number of aryl methyl sites for hydroxylation is 1. The van der Waals surface area contributed by atoms with Gasteiger partial charge in [0.1, 0.15) is 11.3 Å². The van der Waals surface area contributed by atoms with Crippen LogP contribution >= 0.6 is 0 Å². The fourth-order valence-corrected chi connectivity index (χ4v) is 4.94. The summed E-state index contributed by atoms with van der Waals surface area (Å²) in [7, 11) is 1.58. The zero-order chi connectivity index (χ0) is 27.1. The number of ether oxygens (including phenoxy) is 1. The Bertz CT molecular complexity index is 1250. The fraction of sp³-hybridized carbons (Fsp3) is 0.323. The molecule has 0 unspecified atom stereocenters. The lowest BCUT2D eigenvalue weighted by molar-refractivity contribution is -0.141. The number of nitrogens with one attached hydrogen (secondary N) is 1. The van der Waals surface area contributed by atoms with Gasteiger partial charge in [0.05, 0.1) is 7.11 Å². The lowest BCUT2D eigenvalue weighted by atomic mass is 9.83. The Kier molecular flexibility index (Phi) is 8.46. The molecule has 0 spiro atoms. The summed E-state index contributed by atoms with van der Waals surface area (Å²) < 4.78 is 5.27. The molecular formula is C31H35N3O4. The van der Waals surface area contributed by atoms with Crippen molar-refractivity contribution in [3.8, 4) is 5.75 Å². The average molecular weight is 514 g/mol. The molecule has 0 radical (unpaired) electrons. The summed E-state index contributed by atoms with van der Waals surface area (Å²) in [4.78, 5) is 43.8. The molecular weight excluding hydrogens is 478 g/mol. The first-order valence-corrected chi connectivity index (χ1v) is 12.9. The molecule has 1 fully saturated rings. The van der Waals surface area contributed by atoms with Crippen LogP contribution in [-0.2, 0) is 22.7 Å². The van der Waals surface area contributed by atoms with Gasteiger partial charge in [-0.2, -0.15) is 0 Å². The van der Waals surface area contributed by atoms with Crippen LogP contribution in [0.4, 0.5) is 0 Å². The van der Waals surface area contributed by atoms with Gasteiger partial charge in [-0.3, -0.25) is 14.4 Å². The van der Waals surface area contributed by atoms with E-state index in [0.29, 0.717) is 43.8 Å². The third-order valence-corrected chi connectivity index (χ3v) is 7.31. The van der Waals surface area contributed by atoms with Crippen LogP contribution in [-0.4, -0.2) is 53.3 Å². The highest BCUT2D eigenvalue weighted by Crippen LogP contribution is 2.33. The summed E-state index contributed by atoms with van der Waals surface area (Å²) in [5.41, 5.74) is 2.38. The maximum Gasteiger partial charge on any atom is 0.255 e. The van der Waals surface area contributed by atoms with Crippen molar-refractivity contribution in [1.29, 1.82) is 0 Å². The summed E-state index contributed by atoms with van der Waals surface area (Å²) in [6.45, 7) is 4.97. The summed E-state index contributed by atoms with van der Waals surface area (Å²) in [6.07, 6.45) is 0.696. The molecule has 1 N–H and O–H groups in total. The van der Waals surface area contributed by atoms with Crippen molar-refractivity contribution in [3.05, 3.63) is 101 Å². The second kappa shape index (κ2) is 11.9. The first kappa shape index (κ1) is 26.9. The van der Waals surface area contributed by atoms with Crippen molar-refractivity contribution in [2.45, 2.75) is 45.3 Å². The highest BCUT2D eigenvalue weighted by molar-refractivity contribution is 5.99. The van der Waals surface area contributed by atoms with Gasteiger partial charge < -0.3 is 19.9 Å². The molecule has 0 saturated carbocycles. The number of nitrogens with zero attached hydrogens (tertiary/aromatic N) is 2. The largest absolute Gasteiger partial charge is 0.497 e. The zero-order valence-electron chi connectivity index (χ0n) is 22.3. The van der Waals surface area contributed by atoms with Crippen molar-refractivity contribution < 1.29 is 19.1 Å². The molecule has 1 aliphatic rings. The van der Waals surface area contributed by atoms with E-state index in [1.807, 2.05) is 61.5 Å². The fourth-order valence-electron chi connectivity index (χ4n) is 4.94. The predicted octanol–water partition coefficient (Wildman–Crippen LogP) is 4.34. The summed E-state index contributed by atoms with van der Waals surface area (Å²) in [5, 5.41) is 3.10. The molecule has 1 aliphatic heterocycles. The molecule has 7 nitrogen and oxygen atoms in total. The van der Waals surface area contributed by atoms with E-state index in [1.54, 1.807) is 41.2 Å². The van der Waals surface area contributed by atoms with E-state index in [2.05, 4.69) is 5.32 Å². The normalized spacial score (nSPS) is 14.4. The minimum absolute atomic E-state index is 0.0325. The smallest absolute Gasteiger partial charge is 0.255 e. The van der Waals surface area contributed by atoms with Crippen molar-refractivity contribution >= 4 is 17.7 Å². The molecule has 38 heavy (non-hydrogen) atoms.